The van der Waals surface area contributed by atoms with E-state index in [-0.39, 0.29) is 0 Å². The van der Waals surface area contributed by atoms with E-state index in [2.05, 4.69) is 0 Å². The molecule has 0 N–H and O–H groups in total. The normalized spacial score (nSPS) is 12.6. The predicted octanol–water partition coefficient (Wildman–Crippen LogP) is 4.68. The Labute approximate surface area is 150 Å². The fourth-order valence-corrected chi connectivity index (χ4v) is 3.53. The first-order valence-corrected chi connectivity index (χ1v) is 10.6. The number of rotatable bonds is 13. The summed E-state index contributed by atoms with van der Waals surface area (Å²) in [6.07, 6.45) is 0.871. The third-order valence-corrected chi connectivity index (χ3v) is 5.05. The van der Waals surface area contributed by atoms with E-state index in [1.165, 1.54) is 0 Å². The molecule has 7 heteroatoms. The number of hydrogen-bond donors (Lipinski definition) is 0. The maximum Gasteiger partial charge on any atom is 0.416 e. The van der Waals surface area contributed by atoms with Gasteiger partial charge >= 0.3 is 6.18 Å². The fraction of sp³-hybridized carbons (Fsp3) is 0.667. The molecule has 1 aromatic carbocycles. The number of unbranched alkanes of at least 4 members (excludes halogenated alkanes) is 3. The molecule has 0 aliphatic rings. The smallest absolute Gasteiger partial charge is 0.379 e. The van der Waals surface area contributed by atoms with Crippen LogP contribution in [0.1, 0.15) is 50.7 Å². The maximum atomic E-state index is 12.5. The average molecular weight is 379 g/mol. The quantitative estimate of drug-likeness (QED) is 0.283. The highest BCUT2D eigenvalue weighted by atomic mass is 28.2. The van der Waals surface area contributed by atoms with Crippen LogP contribution in [0.2, 0.25) is 6.04 Å². The highest BCUT2D eigenvalue weighted by Gasteiger charge is 2.29. The lowest BCUT2D eigenvalue weighted by molar-refractivity contribution is -0.243. The van der Waals surface area contributed by atoms with E-state index >= 15 is 0 Å². The van der Waals surface area contributed by atoms with E-state index < -0.39 is 28.0 Å². The first-order chi connectivity index (χ1) is 12.0. The Bertz CT molecular complexity index is 446. The van der Waals surface area contributed by atoms with E-state index in [0.717, 1.165) is 55.8 Å². The Morgan fingerprint density at radius 3 is 2.08 bits per heavy atom. The molecule has 1 aromatic rings. The van der Waals surface area contributed by atoms with Gasteiger partial charge in [-0.05, 0) is 50.4 Å². The first-order valence-electron chi connectivity index (χ1n) is 8.98. The topological polar surface area (TPSA) is 27.7 Å². The molecule has 0 unspecified atom stereocenters. The van der Waals surface area contributed by atoms with Crippen LogP contribution in [-0.4, -0.2) is 29.5 Å². The van der Waals surface area contributed by atoms with Crippen molar-refractivity contribution in [2.24, 2.45) is 0 Å². The molecule has 3 nitrogen and oxygen atoms in total. The summed E-state index contributed by atoms with van der Waals surface area (Å²) in [6, 6.07) is 6.55. The standard InChI is InChI=1S/C18H29F3O3Si/c1-3-22-17(23-4-2)24-25-14-8-6-5-7-9-15-10-12-16(13-11-15)18(19,20)21/h10-13,17H,3-9,14,25H2,1-2H3. The zero-order valence-electron chi connectivity index (χ0n) is 15.1. The number of hydrogen-bond acceptors (Lipinski definition) is 3. The van der Waals surface area contributed by atoms with E-state index in [1.54, 1.807) is 12.1 Å². The molecule has 0 saturated heterocycles. The Morgan fingerprint density at radius 2 is 1.52 bits per heavy atom. The summed E-state index contributed by atoms with van der Waals surface area (Å²) < 4.78 is 53.8. The first kappa shape index (κ1) is 22.1. The van der Waals surface area contributed by atoms with Gasteiger partial charge in [-0.1, -0.05) is 31.4 Å². The molecule has 0 saturated carbocycles. The lowest BCUT2D eigenvalue weighted by Crippen LogP contribution is -2.22. The maximum absolute atomic E-state index is 12.5. The molecule has 1 rings (SSSR count). The predicted molar refractivity (Wildman–Crippen MR) is 95.1 cm³/mol. The highest BCUT2D eigenvalue weighted by Crippen LogP contribution is 2.29. The molecule has 144 valence electrons. The lowest BCUT2D eigenvalue weighted by atomic mass is 10.0. The molecular formula is C18H29F3O3Si. The Balaban J connectivity index is 2.06. The SMILES string of the molecule is CCOC(OCC)O[SiH2]CCCCCCc1ccc(C(F)(F)F)cc1. The second-order valence-corrected chi connectivity index (χ2v) is 7.23. The summed E-state index contributed by atoms with van der Waals surface area (Å²) in [5, 5.41) is 0. The van der Waals surface area contributed by atoms with Gasteiger partial charge in [0.25, 0.3) is 6.48 Å². The van der Waals surface area contributed by atoms with Gasteiger partial charge in [0.15, 0.2) is 9.76 Å². The van der Waals surface area contributed by atoms with Gasteiger partial charge < -0.3 is 13.9 Å². The van der Waals surface area contributed by atoms with Crippen molar-refractivity contribution in [3.63, 3.8) is 0 Å². The van der Waals surface area contributed by atoms with E-state index in [4.69, 9.17) is 13.9 Å². The number of ether oxygens (including phenoxy) is 2. The van der Waals surface area contributed by atoms with Gasteiger partial charge in [-0.15, -0.1) is 0 Å². The van der Waals surface area contributed by atoms with Crippen molar-refractivity contribution in [1.29, 1.82) is 0 Å². The zero-order chi connectivity index (χ0) is 18.5. The molecule has 0 radical (unpaired) electrons. The van der Waals surface area contributed by atoms with Crippen molar-refractivity contribution in [3.05, 3.63) is 35.4 Å². The molecule has 0 heterocycles. The number of alkyl halides is 3. The van der Waals surface area contributed by atoms with Crippen molar-refractivity contribution in [2.45, 2.75) is 64.6 Å². The third-order valence-electron chi connectivity index (χ3n) is 3.75. The minimum Gasteiger partial charge on any atom is -0.379 e. The third kappa shape index (κ3) is 9.99. The van der Waals surface area contributed by atoms with Crippen LogP contribution in [-0.2, 0) is 26.5 Å². The molecule has 0 aliphatic carbocycles. The van der Waals surface area contributed by atoms with Crippen LogP contribution < -0.4 is 0 Å². The van der Waals surface area contributed by atoms with Crippen molar-refractivity contribution < 1.29 is 27.1 Å². The molecule has 0 fully saturated rings. The average Bonchev–Trinajstić information content (AvgIpc) is 2.57. The zero-order valence-corrected chi connectivity index (χ0v) is 16.5. The van der Waals surface area contributed by atoms with Gasteiger partial charge in [0, 0.05) is 13.2 Å². The van der Waals surface area contributed by atoms with Gasteiger partial charge in [0.1, 0.15) is 0 Å². The van der Waals surface area contributed by atoms with Gasteiger partial charge in [0.2, 0.25) is 0 Å². The molecule has 0 bridgehead atoms. The second-order valence-electron chi connectivity index (χ2n) is 5.78. The van der Waals surface area contributed by atoms with Crippen LogP contribution in [0, 0.1) is 0 Å². The summed E-state index contributed by atoms with van der Waals surface area (Å²) in [6.45, 7) is 4.45. The van der Waals surface area contributed by atoms with Crippen molar-refractivity contribution in [3.8, 4) is 0 Å². The van der Waals surface area contributed by atoms with Crippen LogP contribution in [0.25, 0.3) is 0 Å². The van der Waals surface area contributed by atoms with E-state index in [9.17, 15) is 13.2 Å². The minimum atomic E-state index is -4.26. The highest BCUT2D eigenvalue weighted by molar-refractivity contribution is 6.27. The summed E-state index contributed by atoms with van der Waals surface area (Å²) in [4.78, 5) is 0. The van der Waals surface area contributed by atoms with Crippen LogP contribution in [0.15, 0.2) is 24.3 Å². The Kier molecular flexibility index (Phi) is 11.0. The van der Waals surface area contributed by atoms with Crippen LogP contribution in [0.5, 0.6) is 0 Å². The summed E-state index contributed by atoms with van der Waals surface area (Å²) in [5.41, 5.74) is 0.376. The van der Waals surface area contributed by atoms with Crippen molar-refractivity contribution in [1.82, 2.24) is 0 Å². The molecule has 25 heavy (non-hydrogen) atoms. The molecule has 0 aromatic heterocycles. The lowest BCUT2D eigenvalue weighted by Gasteiger charge is -2.17. The van der Waals surface area contributed by atoms with Crippen molar-refractivity contribution in [2.75, 3.05) is 13.2 Å². The van der Waals surface area contributed by atoms with Gasteiger partial charge in [-0.25, -0.2) is 0 Å². The van der Waals surface area contributed by atoms with Crippen LogP contribution in [0.4, 0.5) is 13.2 Å². The molecular weight excluding hydrogens is 349 g/mol. The van der Waals surface area contributed by atoms with Gasteiger partial charge in [-0.3, -0.25) is 0 Å². The number of aryl methyl sites for hydroxylation is 1. The van der Waals surface area contributed by atoms with E-state index in [0.29, 0.717) is 13.2 Å². The molecule has 0 amide bonds. The molecule has 0 spiro atoms. The molecule has 0 aliphatic heterocycles. The van der Waals surface area contributed by atoms with Gasteiger partial charge in [-0.2, -0.15) is 13.2 Å². The monoisotopic (exact) mass is 378 g/mol. The fourth-order valence-electron chi connectivity index (χ4n) is 2.42. The van der Waals surface area contributed by atoms with Crippen LogP contribution >= 0.6 is 0 Å². The number of benzene rings is 1. The Hall–Kier alpha value is -0.893. The largest absolute Gasteiger partial charge is 0.416 e. The Morgan fingerprint density at radius 1 is 0.920 bits per heavy atom. The van der Waals surface area contributed by atoms with Crippen molar-refractivity contribution >= 4 is 9.76 Å². The minimum absolute atomic E-state index is 0.513. The summed E-state index contributed by atoms with van der Waals surface area (Å²) in [5.74, 6) is 0. The van der Waals surface area contributed by atoms with Crippen LogP contribution in [0.3, 0.4) is 0 Å². The number of halogens is 3. The van der Waals surface area contributed by atoms with E-state index in [1.807, 2.05) is 13.8 Å². The summed E-state index contributed by atoms with van der Waals surface area (Å²) in [7, 11) is -0.636. The molecule has 0 atom stereocenters. The summed E-state index contributed by atoms with van der Waals surface area (Å²) >= 11 is 0. The van der Waals surface area contributed by atoms with Gasteiger partial charge in [0.05, 0.1) is 5.56 Å². The second kappa shape index (κ2) is 12.5.